The van der Waals surface area contributed by atoms with Crippen LogP contribution < -0.4 is 0 Å². The number of aromatic hydroxyl groups is 1. The normalized spacial score (nSPS) is 11.9. The largest absolute Gasteiger partial charge is 0.506 e. The molecule has 1 aromatic carbocycles. The van der Waals surface area contributed by atoms with Crippen LogP contribution >= 0.6 is 11.6 Å². The number of rotatable bonds is 4. The van der Waals surface area contributed by atoms with Crippen molar-refractivity contribution in [2.24, 2.45) is 10.2 Å². The quantitative estimate of drug-likeness (QED) is 0.671. The van der Waals surface area contributed by atoms with Crippen molar-refractivity contribution in [3.63, 3.8) is 0 Å². The van der Waals surface area contributed by atoms with E-state index in [0.717, 1.165) is 11.3 Å². The Kier molecular flexibility index (Phi) is 4.51. The Morgan fingerprint density at radius 1 is 1.21 bits per heavy atom. The van der Waals surface area contributed by atoms with Gasteiger partial charge in [0, 0.05) is 11.2 Å². The smallest absolute Gasteiger partial charge is 0.183 e. The molecule has 3 rings (SSSR count). The fraction of sp³-hybridized carbons (Fsp3) is 0.235. The molecule has 0 fully saturated rings. The average molecular weight is 345 g/mol. The summed E-state index contributed by atoms with van der Waals surface area (Å²) in [6.45, 7) is 3.99. The number of fused-ring (bicyclic) bond motifs is 1. The van der Waals surface area contributed by atoms with E-state index in [-0.39, 0.29) is 18.3 Å². The molecule has 6 nitrogen and oxygen atoms in total. The first-order chi connectivity index (χ1) is 11.5. The molecule has 3 aromatic rings. The van der Waals surface area contributed by atoms with Gasteiger partial charge in [-0.3, -0.25) is 4.40 Å². The lowest BCUT2D eigenvalue weighted by Crippen LogP contribution is -1.88. The van der Waals surface area contributed by atoms with E-state index < -0.39 is 0 Å². The molecule has 0 aliphatic carbocycles. The SMILES string of the molecule is CC(C)c1nc2cc(CO)ccn2c1N=Nc1cc(Cl)ccc1O. The van der Waals surface area contributed by atoms with Gasteiger partial charge in [0.15, 0.2) is 5.82 Å². The van der Waals surface area contributed by atoms with Crippen molar-refractivity contribution in [2.45, 2.75) is 26.4 Å². The Bertz CT molecular complexity index is 918. The van der Waals surface area contributed by atoms with Gasteiger partial charge >= 0.3 is 0 Å². The van der Waals surface area contributed by atoms with Crippen molar-refractivity contribution in [3.8, 4) is 5.75 Å². The monoisotopic (exact) mass is 344 g/mol. The number of azo groups is 1. The van der Waals surface area contributed by atoms with Crippen LogP contribution in [0.25, 0.3) is 5.65 Å². The van der Waals surface area contributed by atoms with E-state index in [0.29, 0.717) is 22.2 Å². The number of aliphatic hydroxyl groups is 1. The Morgan fingerprint density at radius 2 is 2.00 bits per heavy atom. The zero-order chi connectivity index (χ0) is 17.3. The van der Waals surface area contributed by atoms with E-state index >= 15 is 0 Å². The predicted octanol–water partition coefficient (Wildman–Crippen LogP) is 4.72. The third kappa shape index (κ3) is 3.11. The summed E-state index contributed by atoms with van der Waals surface area (Å²) >= 11 is 5.93. The molecule has 0 amide bonds. The molecule has 0 unspecified atom stereocenters. The number of hydrogen-bond acceptors (Lipinski definition) is 5. The van der Waals surface area contributed by atoms with Gasteiger partial charge in [-0.1, -0.05) is 25.4 Å². The number of hydrogen-bond donors (Lipinski definition) is 2. The first kappa shape index (κ1) is 16.4. The van der Waals surface area contributed by atoms with Crippen molar-refractivity contribution in [1.82, 2.24) is 9.38 Å². The van der Waals surface area contributed by atoms with Crippen molar-refractivity contribution in [1.29, 1.82) is 0 Å². The zero-order valence-electron chi connectivity index (χ0n) is 13.3. The number of imidazole rings is 1. The van der Waals surface area contributed by atoms with Crippen LogP contribution in [0.15, 0.2) is 46.8 Å². The van der Waals surface area contributed by atoms with E-state index in [1.807, 2.05) is 19.9 Å². The van der Waals surface area contributed by atoms with Gasteiger partial charge in [-0.2, -0.15) is 0 Å². The van der Waals surface area contributed by atoms with Gasteiger partial charge in [-0.25, -0.2) is 4.98 Å². The second-order valence-corrected chi connectivity index (χ2v) is 6.17. The summed E-state index contributed by atoms with van der Waals surface area (Å²) in [5.41, 5.74) is 2.54. The number of nitrogens with zero attached hydrogens (tertiary/aromatic N) is 4. The van der Waals surface area contributed by atoms with Crippen LogP contribution in [0.5, 0.6) is 5.75 Å². The standard InChI is InChI=1S/C17H17ClN4O2/c1-10(2)16-17(21-20-13-8-12(18)3-4-14(13)24)22-6-5-11(9-23)7-15(22)19-16/h3-8,10,23-24H,9H2,1-2H3. The van der Waals surface area contributed by atoms with Crippen molar-refractivity contribution >= 4 is 28.8 Å². The molecule has 0 radical (unpaired) electrons. The first-order valence-corrected chi connectivity index (χ1v) is 7.89. The molecule has 2 N–H and O–H groups in total. The number of aliphatic hydroxyl groups excluding tert-OH is 1. The molecule has 0 aliphatic heterocycles. The minimum absolute atomic E-state index is 0.00522. The summed E-state index contributed by atoms with van der Waals surface area (Å²) in [4.78, 5) is 4.58. The Morgan fingerprint density at radius 3 is 2.71 bits per heavy atom. The summed E-state index contributed by atoms with van der Waals surface area (Å²) < 4.78 is 1.81. The summed E-state index contributed by atoms with van der Waals surface area (Å²) in [6, 6.07) is 8.21. The van der Waals surface area contributed by atoms with Crippen LogP contribution in [-0.4, -0.2) is 19.6 Å². The van der Waals surface area contributed by atoms with E-state index in [4.69, 9.17) is 11.6 Å². The van der Waals surface area contributed by atoms with Gasteiger partial charge in [0.05, 0.1) is 12.3 Å². The highest BCUT2D eigenvalue weighted by molar-refractivity contribution is 6.30. The number of halogens is 1. The number of pyridine rings is 1. The van der Waals surface area contributed by atoms with Gasteiger partial charge in [0.25, 0.3) is 0 Å². The summed E-state index contributed by atoms with van der Waals surface area (Å²) in [5.74, 6) is 0.735. The summed E-state index contributed by atoms with van der Waals surface area (Å²) in [7, 11) is 0. The number of phenolic OH excluding ortho intramolecular Hbond substituents is 1. The Labute approximate surface area is 144 Å². The second-order valence-electron chi connectivity index (χ2n) is 5.73. The molecule has 0 saturated carbocycles. The van der Waals surface area contributed by atoms with Crippen LogP contribution in [-0.2, 0) is 6.61 Å². The molecule has 124 valence electrons. The van der Waals surface area contributed by atoms with Crippen LogP contribution in [0.3, 0.4) is 0 Å². The first-order valence-electron chi connectivity index (χ1n) is 7.51. The number of aromatic nitrogens is 2. The van der Waals surface area contributed by atoms with E-state index in [9.17, 15) is 10.2 Å². The zero-order valence-corrected chi connectivity index (χ0v) is 14.1. The minimum Gasteiger partial charge on any atom is -0.506 e. The van der Waals surface area contributed by atoms with Crippen LogP contribution in [0, 0.1) is 0 Å². The lowest BCUT2D eigenvalue weighted by atomic mass is 10.1. The Balaban J connectivity index is 2.12. The predicted molar refractivity (Wildman–Crippen MR) is 92.5 cm³/mol. The maximum atomic E-state index is 9.86. The van der Waals surface area contributed by atoms with Gasteiger partial charge in [0.2, 0.25) is 0 Å². The van der Waals surface area contributed by atoms with E-state index in [1.165, 1.54) is 6.07 Å². The van der Waals surface area contributed by atoms with E-state index in [1.54, 1.807) is 28.8 Å². The highest BCUT2D eigenvalue weighted by atomic mass is 35.5. The molecule has 2 aromatic heterocycles. The summed E-state index contributed by atoms with van der Waals surface area (Å²) in [5, 5.41) is 28.0. The maximum absolute atomic E-state index is 9.86. The maximum Gasteiger partial charge on any atom is 0.183 e. The fourth-order valence-corrected chi connectivity index (χ4v) is 2.52. The fourth-order valence-electron chi connectivity index (χ4n) is 2.36. The lowest BCUT2D eigenvalue weighted by molar-refractivity contribution is 0.282. The molecule has 0 spiro atoms. The third-order valence-electron chi connectivity index (χ3n) is 3.61. The third-order valence-corrected chi connectivity index (χ3v) is 3.85. The number of phenols is 1. The average Bonchev–Trinajstić information content (AvgIpc) is 2.93. The van der Waals surface area contributed by atoms with Crippen LogP contribution in [0.1, 0.15) is 31.0 Å². The molecule has 24 heavy (non-hydrogen) atoms. The van der Waals surface area contributed by atoms with Crippen molar-refractivity contribution < 1.29 is 10.2 Å². The van der Waals surface area contributed by atoms with Crippen LogP contribution in [0.4, 0.5) is 11.5 Å². The topological polar surface area (TPSA) is 82.5 Å². The van der Waals surface area contributed by atoms with Gasteiger partial charge in [-0.05, 0) is 41.8 Å². The molecule has 0 bridgehead atoms. The molecular formula is C17H17ClN4O2. The second kappa shape index (κ2) is 6.59. The van der Waals surface area contributed by atoms with Gasteiger partial charge in [0.1, 0.15) is 17.1 Å². The molecule has 0 atom stereocenters. The van der Waals surface area contributed by atoms with E-state index in [2.05, 4.69) is 15.2 Å². The molecule has 0 saturated heterocycles. The summed E-state index contributed by atoms with van der Waals surface area (Å²) in [6.07, 6.45) is 1.80. The van der Waals surface area contributed by atoms with Crippen LogP contribution in [0.2, 0.25) is 5.02 Å². The number of benzene rings is 1. The molecule has 7 heteroatoms. The van der Waals surface area contributed by atoms with Crippen molar-refractivity contribution in [3.05, 3.63) is 52.8 Å². The lowest BCUT2D eigenvalue weighted by Gasteiger charge is -2.03. The highest BCUT2D eigenvalue weighted by Crippen LogP contribution is 2.33. The minimum atomic E-state index is -0.0480. The molecular weight excluding hydrogens is 328 g/mol. The Hall–Kier alpha value is -2.44. The van der Waals surface area contributed by atoms with Gasteiger partial charge in [-0.15, -0.1) is 10.2 Å². The van der Waals surface area contributed by atoms with Crippen molar-refractivity contribution in [2.75, 3.05) is 0 Å². The highest BCUT2D eigenvalue weighted by Gasteiger charge is 2.15. The van der Waals surface area contributed by atoms with Gasteiger partial charge < -0.3 is 10.2 Å². The molecule has 2 heterocycles. The molecule has 0 aliphatic rings.